The van der Waals surface area contributed by atoms with Crippen LogP contribution in [-0.4, -0.2) is 30.8 Å². The highest BCUT2D eigenvalue weighted by Crippen LogP contribution is 2.07. The normalized spacial score (nSPS) is 13.8. The molecule has 2 atom stereocenters. The Morgan fingerprint density at radius 3 is 2.52 bits per heavy atom. The molecule has 2 N–H and O–H groups in total. The van der Waals surface area contributed by atoms with Gasteiger partial charge in [0, 0.05) is 31.5 Å². The van der Waals surface area contributed by atoms with Crippen molar-refractivity contribution in [2.75, 3.05) is 13.7 Å². The third kappa shape index (κ3) is 5.27. The van der Waals surface area contributed by atoms with Crippen LogP contribution < -0.4 is 5.73 Å². The summed E-state index contributed by atoms with van der Waals surface area (Å²) in [4.78, 5) is 4.29. The van der Waals surface area contributed by atoms with Gasteiger partial charge in [-0.15, -0.1) is 0 Å². The van der Waals surface area contributed by atoms with Crippen LogP contribution in [0.3, 0.4) is 0 Å². The molecule has 4 nitrogen and oxygen atoms in total. The van der Waals surface area contributed by atoms with E-state index in [4.69, 9.17) is 15.2 Å². The van der Waals surface area contributed by atoms with Crippen molar-refractivity contribution in [2.24, 2.45) is 5.73 Å². The average Bonchev–Trinajstić information content (AvgIpc) is 2.53. The van der Waals surface area contributed by atoms with Crippen LogP contribution in [0.4, 0.5) is 0 Å². The molecule has 4 heteroatoms. The zero-order valence-electron chi connectivity index (χ0n) is 12.3. The van der Waals surface area contributed by atoms with E-state index in [0.29, 0.717) is 19.6 Å². The van der Waals surface area contributed by atoms with Crippen molar-refractivity contribution in [3.8, 4) is 0 Å². The number of nitrogens with zero attached hydrogens (tertiary/aromatic N) is 1. The summed E-state index contributed by atoms with van der Waals surface area (Å²) in [5.41, 5.74) is 8.31. The van der Waals surface area contributed by atoms with Crippen LogP contribution in [0.15, 0.2) is 54.7 Å². The first-order valence-corrected chi connectivity index (χ1v) is 7.09. The van der Waals surface area contributed by atoms with E-state index in [2.05, 4.69) is 4.98 Å². The van der Waals surface area contributed by atoms with E-state index in [1.807, 2.05) is 48.5 Å². The van der Waals surface area contributed by atoms with Gasteiger partial charge in [-0.05, 0) is 17.7 Å². The fourth-order valence-electron chi connectivity index (χ4n) is 2.13. The Hall–Kier alpha value is -1.75. The molecule has 2 aromatic rings. The van der Waals surface area contributed by atoms with Crippen LogP contribution in [0.5, 0.6) is 0 Å². The Bertz CT molecular complexity index is 505. The zero-order chi connectivity index (χ0) is 14.9. The van der Waals surface area contributed by atoms with E-state index >= 15 is 0 Å². The summed E-state index contributed by atoms with van der Waals surface area (Å²) in [6, 6.07) is 15.8. The van der Waals surface area contributed by atoms with Gasteiger partial charge >= 0.3 is 0 Å². The summed E-state index contributed by atoms with van der Waals surface area (Å²) in [7, 11) is 1.66. The molecule has 2 rings (SSSR count). The van der Waals surface area contributed by atoms with Gasteiger partial charge < -0.3 is 15.2 Å². The summed E-state index contributed by atoms with van der Waals surface area (Å²) in [6.07, 6.45) is 2.31. The standard InChI is InChI=1S/C17H22N2O2/c1-20-17(13-21-12-14-7-3-2-4-8-14)16(18)11-15-9-5-6-10-19-15/h2-10,16-17H,11-13,18H2,1H3/t16-,17-/m1/s1. The van der Waals surface area contributed by atoms with Crippen LogP contribution in [0.1, 0.15) is 11.3 Å². The molecule has 0 saturated heterocycles. The Morgan fingerprint density at radius 1 is 1.10 bits per heavy atom. The van der Waals surface area contributed by atoms with E-state index < -0.39 is 0 Å². The summed E-state index contributed by atoms with van der Waals surface area (Å²) >= 11 is 0. The Labute approximate surface area is 125 Å². The molecule has 0 unspecified atom stereocenters. The number of rotatable bonds is 8. The van der Waals surface area contributed by atoms with Gasteiger partial charge in [0.15, 0.2) is 0 Å². The van der Waals surface area contributed by atoms with Crippen LogP contribution in [0.2, 0.25) is 0 Å². The average molecular weight is 286 g/mol. The highest BCUT2D eigenvalue weighted by atomic mass is 16.5. The lowest BCUT2D eigenvalue weighted by molar-refractivity contribution is -0.0105. The molecule has 0 saturated carbocycles. The van der Waals surface area contributed by atoms with Gasteiger partial charge in [0.2, 0.25) is 0 Å². The van der Waals surface area contributed by atoms with E-state index in [-0.39, 0.29) is 12.1 Å². The van der Waals surface area contributed by atoms with Crippen molar-refractivity contribution in [1.82, 2.24) is 4.98 Å². The minimum absolute atomic E-state index is 0.138. The molecule has 1 heterocycles. The SMILES string of the molecule is CO[C@H](COCc1ccccc1)[C@H](N)Cc1ccccn1. The number of benzene rings is 1. The number of hydrogen-bond donors (Lipinski definition) is 1. The molecular weight excluding hydrogens is 264 g/mol. The maximum Gasteiger partial charge on any atom is 0.0959 e. The molecule has 0 bridgehead atoms. The van der Waals surface area contributed by atoms with Crippen molar-refractivity contribution in [2.45, 2.75) is 25.2 Å². The Kier molecular flexibility index (Phi) is 6.34. The van der Waals surface area contributed by atoms with Crippen molar-refractivity contribution < 1.29 is 9.47 Å². The molecular formula is C17H22N2O2. The van der Waals surface area contributed by atoms with Gasteiger partial charge in [-0.3, -0.25) is 4.98 Å². The van der Waals surface area contributed by atoms with Crippen LogP contribution in [0, 0.1) is 0 Å². The first-order valence-electron chi connectivity index (χ1n) is 7.09. The smallest absolute Gasteiger partial charge is 0.0959 e. The molecule has 1 aromatic heterocycles. The summed E-state index contributed by atoms with van der Waals surface area (Å²) in [5, 5.41) is 0. The molecule has 0 aliphatic carbocycles. The van der Waals surface area contributed by atoms with E-state index in [1.54, 1.807) is 13.3 Å². The van der Waals surface area contributed by atoms with Crippen molar-refractivity contribution in [3.63, 3.8) is 0 Å². The minimum atomic E-state index is -0.143. The number of pyridine rings is 1. The molecule has 0 radical (unpaired) electrons. The minimum Gasteiger partial charge on any atom is -0.377 e. The van der Waals surface area contributed by atoms with Gasteiger partial charge in [0.05, 0.1) is 19.3 Å². The number of methoxy groups -OCH3 is 1. The molecule has 0 aliphatic heterocycles. The fraction of sp³-hybridized carbons (Fsp3) is 0.353. The number of aromatic nitrogens is 1. The van der Waals surface area contributed by atoms with E-state index in [9.17, 15) is 0 Å². The number of nitrogens with two attached hydrogens (primary N) is 1. The van der Waals surface area contributed by atoms with Crippen LogP contribution in [-0.2, 0) is 22.5 Å². The molecule has 1 aromatic carbocycles. The van der Waals surface area contributed by atoms with Gasteiger partial charge in [-0.25, -0.2) is 0 Å². The highest BCUT2D eigenvalue weighted by Gasteiger charge is 2.18. The monoisotopic (exact) mass is 286 g/mol. The fourth-order valence-corrected chi connectivity index (χ4v) is 2.13. The lowest BCUT2D eigenvalue weighted by Gasteiger charge is -2.22. The predicted octanol–water partition coefficient (Wildman–Crippen LogP) is 2.18. The van der Waals surface area contributed by atoms with Crippen LogP contribution in [0.25, 0.3) is 0 Å². The Balaban J connectivity index is 1.79. The van der Waals surface area contributed by atoms with E-state index in [1.165, 1.54) is 0 Å². The largest absolute Gasteiger partial charge is 0.377 e. The third-order valence-electron chi connectivity index (χ3n) is 3.34. The second kappa shape index (κ2) is 8.52. The predicted molar refractivity (Wildman–Crippen MR) is 82.8 cm³/mol. The summed E-state index contributed by atoms with van der Waals surface area (Å²) in [5.74, 6) is 0. The Morgan fingerprint density at radius 2 is 1.86 bits per heavy atom. The lowest BCUT2D eigenvalue weighted by atomic mass is 10.1. The topological polar surface area (TPSA) is 57.4 Å². The molecule has 0 aliphatic rings. The van der Waals surface area contributed by atoms with Gasteiger partial charge in [0.1, 0.15) is 0 Å². The van der Waals surface area contributed by atoms with Crippen molar-refractivity contribution in [3.05, 3.63) is 66.0 Å². The first-order chi connectivity index (χ1) is 10.3. The van der Waals surface area contributed by atoms with Crippen LogP contribution >= 0.6 is 0 Å². The molecule has 0 amide bonds. The zero-order valence-corrected chi connectivity index (χ0v) is 12.3. The van der Waals surface area contributed by atoms with Crippen molar-refractivity contribution >= 4 is 0 Å². The first kappa shape index (κ1) is 15.6. The van der Waals surface area contributed by atoms with Gasteiger partial charge in [-0.2, -0.15) is 0 Å². The second-order valence-corrected chi connectivity index (χ2v) is 4.96. The van der Waals surface area contributed by atoms with Crippen molar-refractivity contribution in [1.29, 1.82) is 0 Å². The third-order valence-corrected chi connectivity index (χ3v) is 3.34. The molecule has 0 fully saturated rings. The summed E-state index contributed by atoms with van der Waals surface area (Å²) < 4.78 is 11.2. The summed E-state index contributed by atoms with van der Waals surface area (Å²) in [6.45, 7) is 1.04. The maximum atomic E-state index is 6.19. The van der Waals surface area contributed by atoms with E-state index in [0.717, 1.165) is 11.3 Å². The highest BCUT2D eigenvalue weighted by molar-refractivity contribution is 5.13. The number of ether oxygens (including phenoxy) is 2. The molecule has 0 spiro atoms. The molecule has 21 heavy (non-hydrogen) atoms. The molecule has 112 valence electrons. The lowest BCUT2D eigenvalue weighted by Crippen LogP contribution is -2.41. The maximum absolute atomic E-state index is 6.19. The van der Waals surface area contributed by atoms with Gasteiger partial charge in [-0.1, -0.05) is 36.4 Å². The number of hydrogen-bond acceptors (Lipinski definition) is 4. The van der Waals surface area contributed by atoms with Gasteiger partial charge in [0.25, 0.3) is 0 Å². The second-order valence-electron chi connectivity index (χ2n) is 4.96. The quantitative estimate of drug-likeness (QED) is 0.808.